The van der Waals surface area contributed by atoms with E-state index in [1.807, 2.05) is 6.07 Å². The second-order valence-corrected chi connectivity index (χ2v) is 13.8. The van der Waals surface area contributed by atoms with Crippen molar-refractivity contribution in [3.05, 3.63) is 155 Å². The SMILES string of the molecule is Cc1cc(C2OP(c3ccccc3)(c3ccccc3)(c3ccccc3)c3ccccc32)ccc1Cl. The van der Waals surface area contributed by atoms with E-state index in [4.69, 9.17) is 16.1 Å². The van der Waals surface area contributed by atoms with Crippen LogP contribution in [0.2, 0.25) is 5.02 Å². The number of halogens is 1. The second-order valence-electron chi connectivity index (χ2n) is 9.10. The Labute approximate surface area is 212 Å². The molecule has 0 spiro atoms. The summed E-state index contributed by atoms with van der Waals surface area (Å²) >= 11 is 6.43. The molecule has 1 unspecified atom stereocenters. The third-order valence-corrected chi connectivity index (χ3v) is 13.5. The third-order valence-electron chi connectivity index (χ3n) is 7.23. The van der Waals surface area contributed by atoms with Crippen molar-refractivity contribution < 1.29 is 4.52 Å². The fourth-order valence-corrected chi connectivity index (χ4v) is 11.9. The van der Waals surface area contributed by atoms with Crippen LogP contribution in [0.5, 0.6) is 0 Å². The average Bonchev–Trinajstić information content (AvgIpc) is 3.26. The van der Waals surface area contributed by atoms with Crippen LogP contribution in [0.4, 0.5) is 0 Å². The summed E-state index contributed by atoms with van der Waals surface area (Å²) in [6, 6.07) is 47.5. The van der Waals surface area contributed by atoms with Gasteiger partial charge in [0.2, 0.25) is 0 Å². The van der Waals surface area contributed by atoms with Crippen LogP contribution < -0.4 is 21.2 Å². The van der Waals surface area contributed by atoms with Gasteiger partial charge in [-0.2, -0.15) is 0 Å². The van der Waals surface area contributed by atoms with Crippen molar-refractivity contribution in [2.45, 2.75) is 13.0 Å². The summed E-state index contributed by atoms with van der Waals surface area (Å²) in [6.07, 6.45) is -0.222. The Kier molecular flexibility index (Phi) is 5.38. The fourth-order valence-electron chi connectivity index (χ4n) is 5.68. The molecule has 5 aromatic rings. The van der Waals surface area contributed by atoms with Crippen LogP contribution in [-0.4, -0.2) is 0 Å². The monoisotopic (exact) mass is 492 g/mol. The van der Waals surface area contributed by atoms with Crippen molar-refractivity contribution in [2.24, 2.45) is 0 Å². The first-order valence-corrected chi connectivity index (χ1v) is 14.4. The van der Waals surface area contributed by atoms with Crippen LogP contribution in [0, 0.1) is 6.92 Å². The van der Waals surface area contributed by atoms with Gasteiger partial charge in [-0.3, -0.25) is 0 Å². The van der Waals surface area contributed by atoms with Gasteiger partial charge in [-0.05, 0) is 0 Å². The molecule has 3 heteroatoms. The normalized spacial score (nSPS) is 18.8. The van der Waals surface area contributed by atoms with Gasteiger partial charge in [0.25, 0.3) is 0 Å². The Morgan fingerprint density at radius 2 is 1.09 bits per heavy atom. The molecule has 0 N–H and O–H groups in total. The first-order chi connectivity index (χ1) is 17.1. The number of fused-ring (bicyclic) bond motifs is 1. The molecule has 0 radical (unpaired) electrons. The van der Waals surface area contributed by atoms with Crippen molar-refractivity contribution >= 4 is 39.6 Å². The maximum atomic E-state index is 7.73. The van der Waals surface area contributed by atoms with E-state index in [1.54, 1.807) is 0 Å². The molecule has 0 amide bonds. The maximum absolute atomic E-state index is 7.73. The van der Waals surface area contributed by atoms with Gasteiger partial charge in [0.15, 0.2) is 0 Å². The van der Waals surface area contributed by atoms with Crippen molar-refractivity contribution in [1.82, 2.24) is 0 Å². The predicted molar refractivity (Wildman–Crippen MR) is 150 cm³/mol. The number of hydrogen-bond donors (Lipinski definition) is 0. The summed E-state index contributed by atoms with van der Waals surface area (Å²) in [5, 5.41) is 5.65. The van der Waals surface area contributed by atoms with Gasteiger partial charge < -0.3 is 0 Å². The zero-order valence-corrected chi connectivity index (χ0v) is 21.2. The van der Waals surface area contributed by atoms with E-state index >= 15 is 0 Å². The van der Waals surface area contributed by atoms with Gasteiger partial charge in [-0.25, -0.2) is 0 Å². The van der Waals surface area contributed by atoms with Crippen LogP contribution in [0.25, 0.3) is 0 Å². The summed E-state index contributed by atoms with van der Waals surface area (Å²) in [5.41, 5.74) is 3.38. The van der Waals surface area contributed by atoms with E-state index in [0.717, 1.165) is 16.1 Å². The van der Waals surface area contributed by atoms with Crippen molar-refractivity contribution in [2.75, 3.05) is 0 Å². The summed E-state index contributed by atoms with van der Waals surface area (Å²) < 4.78 is 7.73. The molecule has 0 aliphatic carbocycles. The summed E-state index contributed by atoms with van der Waals surface area (Å²) in [5.74, 6) is 0. The molecule has 172 valence electrons. The van der Waals surface area contributed by atoms with Crippen LogP contribution in [0.1, 0.15) is 22.8 Å². The zero-order chi connectivity index (χ0) is 23.9. The van der Waals surface area contributed by atoms with Crippen molar-refractivity contribution in [1.29, 1.82) is 0 Å². The van der Waals surface area contributed by atoms with Crippen molar-refractivity contribution in [3.8, 4) is 0 Å². The van der Waals surface area contributed by atoms with E-state index in [0.29, 0.717) is 0 Å². The molecule has 0 saturated heterocycles. The van der Waals surface area contributed by atoms with Crippen LogP contribution in [-0.2, 0) is 4.52 Å². The minimum atomic E-state index is -3.57. The van der Waals surface area contributed by atoms with Gasteiger partial charge in [-0.1, -0.05) is 0 Å². The van der Waals surface area contributed by atoms with E-state index < -0.39 is 6.83 Å². The molecule has 0 aromatic heterocycles. The Morgan fingerprint density at radius 3 is 1.60 bits per heavy atom. The second kappa shape index (κ2) is 8.47. The Balaban J connectivity index is 1.80. The molecule has 35 heavy (non-hydrogen) atoms. The zero-order valence-electron chi connectivity index (χ0n) is 19.5. The molecule has 5 aromatic carbocycles. The van der Waals surface area contributed by atoms with Crippen LogP contribution >= 0.6 is 18.4 Å². The van der Waals surface area contributed by atoms with Gasteiger partial charge >= 0.3 is 212 Å². The van der Waals surface area contributed by atoms with Crippen molar-refractivity contribution in [3.63, 3.8) is 0 Å². The summed E-state index contributed by atoms with van der Waals surface area (Å²) in [4.78, 5) is 0. The number of aryl methyl sites for hydroxylation is 1. The standard InChI is InChI=1S/C32H26ClOP/c1-24-23-25(21-22-30(24)33)32-29-19-11-12-20-31(29)35(34-32,26-13-5-2-6-14-26,27-15-7-3-8-16-27)28-17-9-4-10-18-28/h2-23,32H,1H3. The van der Waals surface area contributed by atoms with E-state index in [1.165, 1.54) is 26.8 Å². The van der Waals surface area contributed by atoms with Gasteiger partial charge in [-0.15, -0.1) is 0 Å². The predicted octanol–water partition coefficient (Wildman–Crippen LogP) is 6.84. The molecular formula is C32H26ClOP. The fraction of sp³-hybridized carbons (Fsp3) is 0.0625. The Hall–Kier alpha value is -3.22. The molecule has 6 rings (SSSR count). The summed E-state index contributed by atoms with van der Waals surface area (Å²) in [6.45, 7) is -1.52. The number of rotatable bonds is 4. The Bertz CT molecular complexity index is 1400. The first kappa shape index (κ1) is 22.3. The molecule has 1 aliphatic heterocycles. The molecular weight excluding hydrogens is 467 g/mol. The molecule has 1 aliphatic rings. The summed E-state index contributed by atoms with van der Waals surface area (Å²) in [7, 11) is 0. The molecule has 0 saturated carbocycles. The van der Waals surface area contributed by atoms with E-state index in [2.05, 4.69) is 134 Å². The minimum absolute atomic E-state index is 0.222. The third kappa shape index (κ3) is 3.09. The van der Waals surface area contributed by atoms with Gasteiger partial charge in [0.1, 0.15) is 0 Å². The van der Waals surface area contributed by atoms with Crippen LogP contribution in [0.15, 0.2) is 133 Å². The number of hydrogen-bond acceptors (Lipinski definition) is 1. The van der Waals surface area contributed by atoms with Crippen LogP contribution in [0.3, 0.4) is 0 Å². The van der Waals surface area contributed by atoms with E-state index in [-0.39, 0.29) is 6.10 Å². The Morgan fingerprint density at radius 1 is 0.600 bits per heavy atom. The quantitative estimate of drug-likeness (QED) is 0.250. The molecule has 0 bridgehead atoms. The number of benzene rings is 5. The molecule has 1 atom stereocenters. The molecule has 1 heterocycles. The molecule has 1 nitrogen and oxygen atoms in total. The first-order valence-electron chi connectivity index (χ1n) is 11.9. The van der Waals surface area contributed by atoms with Gasteiger partial charge in [0, 0.05) is 0 Å². The van der Waals surface area contributed by atoms with E-state index in [9.17, 15) is 0 Å². The van der Waals surface area contributed by atoms with Gasteiger partial charge in [0.05, 0.1) is 0 Å². The topological polar surface area (TPSA) is 9.23 Å². The average molecular weight is 493 g/mol. The molecule has 0 fully saturated rings.